The summed E-state index contributed by atoms with van der Waals surface area (Å²) < 4.78 is 40.8. The molecule has 1 atom stereocenters. The van der Waals surface area contributed by atoms with Crippen LogP contribution in [0.1, 0.15) is 24.8 Å². The molecule has 1 aliphatic heterocycles. The van der Waals surface area contributed by atoms with Crippen LogP contribution in [0.3, 0.4) is 0 Å². The van der Waals surface area contributed by atoms with E-state index in [4.69, 9.17) is 14.0 Å². The highest BCUT2D eigenvalue weighted by molar-refractivity contribution is 7.92. The van der Waals surface area contributed by atoms with Gasteiger partial charge in [0.25, 0.3) is 0 Å². The van der Waals surface area contributed by atoms with Crippen LogP contribution in [0.25, 0.3) is 0 Å². The van der Waals surface area contributed by atoms with E-state index in [9.17, 15) is 13.2 Å². The molecule has 2 heterocycles. The lowest BCUT2D eigenvalue weighted by Gasteiger charge is -2.14. The summed E-state index contributed by atoms with van der Waals surface area (Å²) in [4.78, 5) is 12.4. The summed E-state index contributed by atoms with van der Waals surface area (Å²) in [5.41, 5.74) is 0.719. The van der Waals surface area contributed by atoms with E-state index >= 15 is 0 Å². The highest BCUT2D eigenvalue weighted by Crippen LogP contribution is 2.32. The van der Waals surface area contributed by atoms with Gasteiger partial charge in [0.15, 0.2) is 21.3 Å². The molecule has 1 N–H and O–H groups in total. The van der Waals surface area contributed by atoms with Crippen molar-refractivity contribution in [3.8, 4) is 11.5 Å². The average molecular weight is 380 g/mol. The summed E-state index contributed by atoms with van der Waals surface area (Å²) in [6.45, 7) is 4.10. The molecule has 140 valence electrons. The number of carbonyl (C=O) groups is 1. The van der Waals surface area contributed by atoms with Crippen LogP contribution in [0.5, 0.6) is 11.5 Å². The Morgan fingerprint density at radius 1 is 1.23 bits per heavy atom. The van der Waals surface area contributed by atoms with Gasteiger partial charge in [-0.2, -0.15) is 0 Å². The zero-order valence-electron chi connectivity index (χ0n) is 14.5. The van der Waals surface area contributed by atoms with Gasteiger partial charge in [-0.15, -0.1) is 0 Å². The van der Waals surface area contributed by atoms with Crippen LogP contribution in [-0.2, 0) is 20.4 Å². The number of hydrogen-bond donors (Lipinski definition) is 1. The Hall–Kier alpha value is -2.55. The summed E-state index contributed by atoms with van der Waals surface area (Å²) in [5.74, 6) is 0.649. The second-order valence-corrected chi connectivity index (χ2v) is 8.40. The molecule has 2 aromatic rings. The molecule has 0 bridgehead atoms. The highest BCUT2D eigenvalue weighted by Gasteiger charge is 2.29. The molecule has 8 nitrogen and oxygen atoms in total. The van der Waals surface area contributed by atoms with Gasteiger partial charge in [-0.3, -0.25) is 4.79 Å². The van der Waals surface area contributed by atoms with E-state index in [2.05, 4.69) is 10.5 Å². The third-order valence-electron chi connectivity index (χ3n) is 3.95. The molecule has 1 aromatic carbocycles. The number of fused-ring (bicyclic) bond motifs is 1. The number of aryl methyl sites for hydroxylation is 1. The highest BCUT2D eigenvalue weighted by atomic mass is 32.2. The molecule has 1 amide bonds. The van der Waals surface area contributed by atoms with Crippen LogP contribution >= 0.6 is 0 Å². The molecule has 0 aliphatic carbocycles. The van der Waals surface area contributed by atoms with Crippen LogP contribution in [0.15, 0.2) is 28.8 Å². The first-order valence-electron chi connectivity index (χ1n) is 8.19. The van der Waals surface area contributed by atoms with E-state index in [1.54, 1.807) is 25.1 Å². The van der Waals surface area contributed by atoms with Crippen LogP contribution in [0.4, 0.5) is 5.69 Å². The Bertz CT molecular complexity index is 906. The van der Waals surface area contributed by atoms with Crippen LogP contribution in [0, 0.1) is 6.92 Å². The normalized spacial score (nSPS) is 15.2. The maximum absolute atomic E-state index is 12.4. The number of nitrogens with zero attached hydrogens (tertiary/aromatic N) is 1. The van der Waals surface area contributed by atoms with Crippen LogP contribution in [-0.4, -0.2) is 37.9 Å². The SMILES string of the molecule is Cc1cc(CS(=O)(=O)C(C)C(=O)Nc2ccc3c(c2)OCCCO3)no1. The number of amides is 1. The summed E-state index contributed by atoms with van der Waals surface area (Å²) in [6, 6.07) is 6.49. The number of aromatic nitrogens is 1. The van der Waals surface area contributed by atoms with Crippen LogP contribution in [0.2, 0.25) is 0 Å². The summed E-state index contributed by atoms with van der Waals surface area (Å²) in [7, 11) is -3.73. The number of rotatable bonds is 5. The minimum absolute atomic E-state index is 0.276. The monoisotopic (exact) mass is 380 g/mol. The van der Waals surface area contributed by atoms with Gasteiger partial charge in [0.1, 0.15) is 11.0 Å². The Morgan fingerprint density at radius 2 is 1.96 bits per heavy atom. The molecule has 0 fully saturated rings. The van der Waals surface area contributed by atoms with Crippen molar-refractivity contribution in [2.45, 2.75) is 31.3 Å². The standard InChI is InChI=1S/C17H20N2O6S/c1-11-8-14(19-25-11)10-26(21,22)12(2)17(20)18-13-4-5-15-16(9-13)24-7-3-6-23-15/h4-5,8-9,12H,3,6-7,10H2,1-2H3,(H,18,20). The van der Waals surface area contributed by atoms with Gasteiger partial charge in [-0.25, -0.2) is 8.42 Å². The molecule has 3 rings (SSSR count). The lowest BCUT2D eigenvalue weighted by molar-refractivity contribution is -0.115. The van der Waals surface area contributed by atoms with E-state index in [1.165, 1.54) is 13.0 Å². The maximum atomic E-state index is 12.4. The van der Waals surface area contributed by atoms with Gasteiger partial charge < -0.3 is 19.3 Å². The summed E-state index contributed by atoms with van der Waals surface area (Å²) in [6.07, 6.45) is 0.771. The van der Waals surface area contributed by atoms with Gasteiger partial charge in [0.2, 0.25) is 5.91 Å². The second-order valence-electron chi connectivity index (χ2n) is 6.08. The number of hydrogen-bond acceptors (Lipinski definition) is 7. The summed E-state index contributed by atoms with van der Waals surface area (Å²) in [5, 5.41) is 5.04. The molecular weight excluding hydrogens is 360 g/mol. The molecule has 0 saturated heterocycles. The molecule has 1 aliphatic rings. The third-order valence-corrected chi connectivity index (χ3v) is 5.94. The Morgan fingerprint density at radius 3 is 2.65 bits per heavy atom. The largest absolute Gasteiger partial charge is 0.490 e. The van der Waals surface area contributed by atoms with Crippen molar-refractivity contribution in [2.24, 2.45) is 0 Å². The molecule has 0 saturated carbocycles. The molecule has 9 heteroatoms. The van der Waals surface area contributed by atoms with Crippen molar-refractivity contribution in [1.82, 2.24) is 5.16 Å². The van der Waals surface area contributed by atoms with Crippen molar-refractivity contribution < 1.29 is 27.2 Å². The van der Waals surface area contributed by atoms with Gasteiger partial charge >= 0.3 is 0 Å². The number of carbonyl (C=O) groups excluding carboxylic acids is 1. The minimum atomic E-state index is -3.73. The number of anilines is 1. The van der Waals surface area contributed by atoms with Gasteiger partial charge in [-0.05, 0) is 26.0 Å². The zero-order chi connectivity index (χ0) is 18.7. The van der Waals surface area contributed by atoms with Crippen molar-refractivity contribution in [2.75, 3.05) is 18.5 Å². The van der Waals surface area contributed by atoms with Crippen molar-refractivity contribution >= 4 is 21.4 Å². The van der Waals surface area contributed by atoms with Gasteiger partial charge in [-0.1, -0.05) is 5.16 Å². The lowest BCUT2D eigenvalue weighted by atomic mass is 10.2. The predicted molar refractivity (Wildman–Crippen MR) is 94.0 cm³/mol. The quantitative estimate of drug-likeness (QED) is 0.846. The van der Waals surface area contributed by atoms with Crippen molar-refractivity contribution in [1.29, 1.82) is 0 Å². The predicted octanol–water partition coefficient (Wildman–Crippen LogP) is 2.09. The smallest absolute Gasteiger partial charge is 0.242 e. The molecule has 26 heavy (non-hydrogen) atoms. The lowest BCUT2D eigenvalue weighted by Crippen LogP contribution is -2.33. The number of benzene rings is 1. The average Bonchev–Trinajstić information content (AvgIpc) is 2.85. The van der Waals surface area contributed by atoms with Crippen molar-refractivity contribution in [3.63, 3.8) is 0 Å². The number of sulfone groups is 1. The van der Waals surface area contributed by atoms with Crippen molar-refractivity contribution in [3.05, 3.63) is 35.7 Å². The van der Waals surface area contributed by atoms with Crippen LogP contribution < -0.4 is 14.8 Å². The minimum Gasteiger partial charge on any atom is -0.490 e. The first-order valence-corrected chi connectivity index (χ1v) is 9.91. The first kappa shape index (κ1) is 18.2. The van der Waals surface area contributed by atoms with E-state index in [-0.39, 0.29) is 11.4 Å². The topological polar surface area (TPSA) is 108 Å². The van der Waals surface area contributed by atoms with E-state index in [0.29, 0.717) is 36.2 Å². The fourth-order valence-corrected chi connectivity index (χ4v) is 3.65. The molecule has 1 aromatic heterocycles. The Kier molecular flexibility index (Phi) is 5.17. The Balaban J connectivity index is 1.69. The zero-order valence-corrected chi connectivity index (χ0v) is 15.3. The second kappa shape index (κ2) is 7.36. The first-order chi connectivity index (χ1) is 12.3. The van der Waals surface area contributed by atoms with E-state index < -0.39 is 21.0 Å². The fraction of sp³-hybridized carbons (Fsp3) is 0.412. The fourth-order valence-electron chi connectivity index (χ4n) is 2.47. The summed E-state index contributed by atoms with van der Waals surface area (Å²) >= 11 is 0. The third kappa shape index (κ3) is 4.16. The molecule has 0 spiro atoms. The number of ether oxygens (including phenoxy) is 2. The van der Waals surface area contributed by atoms with E-state index in [1.807, 2.05) is 0 Å². The van der Waals surface area contributed by atoms with Gasteiger partial charge in [0, 0.05) is 24.2 Å². The van der Waals surface area contributed by atoms with E-state index in [0.717, 1.165) is 6.42 Å². The maximum Gasteiger partial charge on any atom is 0.242 e. The molecule has 1 unspecified atom stereocenters. The number of nitrogens with one attached hydrogen (secondary N) is 1. The molecular formula is C17H20N2O6S. The molecule has 0 radical (unpaired) electrons. The Labute approximate surface area is 151 Å². The van der Waals surface area contributed by atoms with Gasteiger partial charge in [0.05, 0.1) is 24.7 Å².